The second-order valence-electron chi connectivity index (χ2n) is 25.9. The molecule has 502 valence electrons. The van der Waals surface area contributed by atoms with E-state index < -0.39 is 26.5 Å². The maximum atomic E-state index is 12.9. The molecule has 0 rings (SSSR count). The Kier molecular flexibility index (Phi) is 64.9. The van der Waals surface area contributed by atoms with Crippen molar-refractivity contribution >= 4 is 19.8 Å². The minimum atomic E-state index is -4.39. The Hall–Kier alpha value is -2.55. The van der Waals surface area contributed by atoms with Crippen molar-refractivity contribution in [2.75, 3.05) is 47.5 Å². The molecule has 0 aromatic carbocycles. The van der Waals surface area contributed by atoms with Crippen LogP contribution in [-0.2, 0) is 32.7 Å². The quantitative estimate of drug-likeness (QED) is 0.0211. The van der Waals surface area contributed by atoms with Gasteiger partial charge in [-0.1, -0.05) is 324 Å². The van der Waals surface area contributed by atoms with Crippen LogP contribution in [0.25, 0.3) is 0 Å². The maximum Gasteiger partial charge on any atom is 0.472 e. The summed E-state index contributed by atoms with van der Waals surface area (Å²) in [4.78, 5) is 35.9. The number of unbranched alkanes of at least 4 members (excludes halogenated alkanes) is 42. The first-order valence-corrected chi connectivity index (χ1v) is 38.2. The summed E-state index contributed by atoms with van der Waals surface area (Å²) in [6.07, 6.45) is 90.3. The van der Waals surface area contributed by atoms with Crippen LogP contribution in [0.3, 0.4) is 0 Å². The first-order chi connectivity index (χ1) is 42.0. The van der Waals surface area contributed by atoms with Gasteiger partial charge in [-0.05, 0) is 83.5 Å². The van der Waals surface area contributed by atoms with Crippen molar-refractivity contribution in [3.63, 3.8) is 0 Å². The van der Waals surface area contributed by atoms with Gasteiger partial charge in [0, 0.05) is 12.8 Å². The molecule has 0 bridgehead atoms. The zero-order chi connectivity index (χ0) is 62.6. The van der Waals surface area contributed by atoms with Crippen molar-refractivity contribution in [2.45, 2.75) is 354 Å². The largest absolute Gasteiger partial charge is 0.472 e. The monoisotopic (exact) mass is 1230 g/mol. The Bertz CT molecular complexity index is 1680. The van der Waals surface area contributed by atoms with E-state index in [-0.39, 0.29) is 32.0 Å². The highest BCUT2D eigenvalue weighted by Crippen LogP contribution is 2.43. The third kappa shape index (κ3) is 70.5. The summed E-state index contributed by atoms with van der Waals surface area (Å²) in [5, 5.41) is 0. The number of phosphoric ester groups is 1. The van der Waals surface area contributed by atoms with Crippen molar-refractivity contribution in [1.82, 2.24) is 0 Å². The van der Waals surface area contributed by atoms with Crippen LogP contribution in [0.2, 0.25) is 0 Å². The van der Waals surface area contributed by atoms with Gasteiger partial charge in [-0.2, -0.15) is 0 Å². The third-order valence-corrected chi connectivity index (χ3v) is 17.2. The molecule has 86 heavy (non-hydrogen) atoms. The van der Waals surface area contributed by atoms with Gasteiger partial charge in [-0.25, -0.2) is 4.57 Å². The Balaban J connectivity index is 3.93. The van der Waals surface area contributed by atoms with Crippen LogP contribution in [0.15, 0.2) is 72.9 Å². The standard InChI is InChI=1S/C76H140NO8P/c1-6-8-10-12-14-16-18-20-22-24-26-28-30-31-32-33-34-35-36-37-38-39-40-41-42-43-44-45-47-49-51-53-55-57-59-61-63-65-67-69-76(79)85-74(73-84-86(80,81)83-71-70-77(3,4)5)72-82-75(78)68-66-64-62-60-58-56-54-52-50-48-46-29-27-25-23-21-19-17-15-13-11-9-7-2/h8,10,14,16,19-22,25-28,74H,6-7,9,11-13,15,17-18,23-24,29-73H2,1-5H3/p+1/b10-8-,16-14-,21-19-,22-20-,27-25-,28-26-. The zero-order valence-corrected chi connectivity index (χ0v) is 58.2. The molecule has 0 aliphatic heterocycles. The van der Waals surface area contributed by atoms with E-state index in [1.165, 1.54) is 250 Å². The van der Waals surface area contributed by atoms with Crippen LogP contribution >= 0.6 is 7.82 Å². The number of nitrogens with zero attached hydrogens (tertiary/aromatic N) is 1. The van der Waals surface area contributed by atoms with Crippen molar-refractivity contribution in [1.29, 1.82) is 0 Å². The molecule has 9 nitrogen and oxygen atoms in total. The molecule has 0 saturated carbocycles. The van der Waals surface area contributed by atoms with E-state index in [0.717, 1.165) is 64.2 Å². The minimum Gasteiger partial charge on any atom is -0.462 e. The van der Waals surface area contributed by atoms with Crippen molar-refractivity contribution in [2.24, 2.45) is 0 Å². The molecule has 0 fully saturated rings. The number of carbonyl (C=O) groups is 2. The molecule has 0 aromatic heterocycles. The van der Waals surface area contributed by atoms with E-state index in [1.54, 1.807) is 0 Å². The number of likely N-dealkylation sites (N-methyl/N-ethyl adjacent to an activating group) is 1. The predicted molar refractivity (Wildman–Crippen MR) is 372 cm³/mol. The fourth-order valence-electron chi connectivity index (χ4n) is 10.6. The van der Waals surface area contributed by atoms with E-state index in [4.69, 9.17) is 18.5 Å². The average Bonchev–Trinajstić information content (AvgIpc) is 3.56. The number of allylic oxidation sites excluding steroid dienone is 12. The topological polar surface area (TPSA) is 108 Å². The van der Waals surface area contributed by atoms with E-state index >= 15 is 0 Å². The van der Waals surface area contributed by atoms with Gasteiger partial charge in [0.05, 0.1) is 27.7 Å². The summed E-state index contributed by atoms with van der Waals surface area (Å²) in [5.74, 6) is -0.783. The number of ether oxygens (including phenoxy) is 2. The van der Waals surface area contributed by atoms with Crippen molar-refractivity contribution in [3.05, 3.63) is 72.9 Å². The number of carbonyl (C=O) groups excluding carboxylic acids is 2. The molecule has 0 saturated heterocycles. The van der Waals surface area contributed by atoms with Crippen LogP contribution in [0, 0.1) is 0 Å². The highest BCUT2D eigenvalue weighted by atomic mass is 31.2. The van der Waals surface area contributed by atoms with Crippen molar-refractivity contribution < 1.29 is 42.1 Å². The van der Waals surface area contributed by atoms with Crippen LogP contribution in [-0.4, -0.2) is 74.9 Å². The van der Waals surface area contributed by atoms with Gasteiger partial charge >= 0.3 is 19.8 Å². The maximum absolute atomic E-state index is 12.9. The molecule has 0 aromatic rings. The second-order valence-corrected chi connectivity index (χ2v) is 27.4. The number of hydrogen-bond acceptors (Lipinski definition) is 7. The molecule has 0 aliphatic carbocycles. The number of quaternary nitrogens is 1. The number of rotatable bonds is 68. The predicted octanol–water partition coefficient (Wildman–Crippen LogP) is 23.9. The van der Waals surface area contributed by atoms with Gasteiger partial charge in [0.2, 0.25) is 0 Å². The lowest BCUT2D eigenvalue weighted by molar-refractivity contribution is -0.870. The van der Waals surface area contributed by atoms with Crippen LogP contribution in [0.4, 0.5) is 0 Å². The van der Waals surface area contributed by atoms with E-state index in [2.05, 4.69) is 86.8 Å². The molecule has 2 atom stereocenters. The summed E-state index contributed by atoms with van der Waals surface area (Å²) >= 11 is 0. The molecule has 2 unspecified atom stereocenters. The number of hydrogen-bond donors (Lipinski definition) is 1. The summed E-state index contributed by atoms with van der Waals surface area (Å²) in [7, 11) is 1.49. The van der Waals surface area contributed by atoms with E-state index in [1.807, 2.05) is 21.1 Å². The summed E-state index contributed by atoms with van der Waals surface area (Å²) in [5.41, 5.74) is 0. The highest BCUT2D eigenvalue weighted by molar-refractivity contribution is 7.47. The molecule has 0 radical (unpaired) electrons. The first-order valence-electron chi connectivity index (χ1n) is 36.7. The fraction of sp³-hybridized carbons (Fsp3) is 0.816. The molecule has 0 amide bonds. The highest BCUT2D eigenvalue weighted by Gasteiger charge is 2.27. The summed E-state index contributed by atoms with van der Waals surface area (Å²) in [6.45, 7) is 4.36. The van der Waals surface area contributed by atoms with E-state index in [9.17, 15) is 19.0 Å². The normalized spacial score (nSPS) is 13.5. The molecule has 10 heteroatoms. The molecule has 0 heterocycles. The SMILES string of the molecule is CC/C=C\C/C=C\C/C=C\C/C=C\CCCCCCCCCCCCCCCCCCCCCCCCCCCCC(=O)OC(COC(=O)CCCCCCCCCCCCC/C=C\C/C=C\CCCCCCC)COP(=O)(O)OCC[N+](C)(C)C. The lowest BCUT2D eigenvalue weighted by Crippen LogP contribution is -2.37. The molecular weight excluding hydrogens is 1090 g/mol. The Morgan fingerprint density at radius 3 is 0.988 bits per heavy atom. The van der Waals surface area contributed by atoms with Crippen LogP contribution in [0.1, 0.15) is 348 Å². The van der Waals surface area contributed by atoms with Crippen LogP contribution in [0.5, 0.6) is 0 Å². The lowest BCUT2D eigenvalue weighted by Gasteiger charge is -2.24. The van der Waals surface area contributed by atoms with Gasteiger partial charge in [0.1, 0.15) is 19.8 Å². The molecule has 0 aliphatic rings. The third-order valence-electron chi connectivity index (χ3n) is 16.2. The van der Waals surface area contributed by atoms with Gasteiger partial charge in [0.25, 0.3) is 0 Å². The molecule has 1 N–H and O–H groups in total. The van der Waals surface area contributed by atoms with Gasteiger partial charge < -0.3 is 18.9 Å². The van der Waals surface area contributed by atoms with Gasteiger partial charge in [-0.3, -0.25) is 18.6 Å². The van der Waals surface area contributed by atoms with Gasteiger partial charge in [0.15, 0.2) is 6.10 Å². The van der Waals surface area contributed by atoms with E-state index in [0.29, 0.717) is 17.4 Å². The zero-order valence-electron chi connectivity index (χ0n) is 57.3. The smallest absolute Gasteiger partial charge is 0.462 e. The Morgan fingerprint density at radius 2 is 0.663 bits per heavy atom. The average molecular weight is 1230 g/mol. The Labute approximate surface area is 533 Å². The number of phosphoric acid groups is 1. The Morgan fingerprint density at radius 1 is 0.372 bits per heavy atom. The summed E-state index contributed by atoms with van der Waals surface area (Å²) < 4.78 is 34.7. The second kappa shape index (κ2) is 66.9. The first kappa shape index (κ1) is 83.5. The fourth-order valence-corrected chi connectivity index (χ4v) is 11.4. The van der Waals surface area contributed by atoms with Crippen LogP contribution < -0.4 is 0 Å². The minimum absolute atomic E-state index is 0.0322. The summed E-state index contributed by atoms with van der Waals surface area (Å²) in [6, 6.07) is 0. The van der Waals surface area contributed by atoms with Crippen molar-refractivity contribution in [3.8, 4) is 0 Å². The molecule has 0 spiro atoms. The van der Waals surface area contributed by atoms with Gasteiger partial charge in [-0.15, -0.1) is 0 Å². The lowest BCUT2D eigenvalue weighted by atomic mass is 10.0. The molecular formula is C76H141NO8P+. The number of esters is 2.